The average molecular weight is 401 g/mol. The van der Waals surface area contributed by atoms with Crippen molar-refractivity contribution in [3.63, 3.8) is 0 Å². The Balaban J connectivity index is 1.63. The second kappa shape index (κ2) is 8.41. The molecule has 1 aliphatic rings. The topological polar surface area (TPSA) is 66.5 Å². The van der Waals surface area contributed by atoms with E-state index in [0.29, 0.717) is 10.7 Å². The number of nitrogens with zero attached hydrogens (tertiary/aromatic N) is 1. The van der Waals surface area contributed by atoms with Crippen molar-refractivity contribution in [3.05, 3.63) is 70.8 Å². The smallest absolute Gasteiger partial charge is 0.289 e. The maximum atomic E-state index is 12.2. The van der Waals surface area contributed by atoms with Gasteiger partial charge in [0.1, 0.15) is 0 Å². The van der Waals surface area contributed by atoms with Gasteiger partial charge in [0.25, 0.3) is 5.24 Å². The van der Waals surface area contributed by atoms with Gasteiger partial charge in [-0.3, -0.25) is 19.3 Å². The highest BCUT2D eigenvalue weighted by atomic mass is 35.5. The molecule has 0 atom stereocenters. The minimum Gasteiger partial charge on any atom is -0.323 e. The Labute approximate surface area is 166 Å². The SMILES string of the molecule is CC(=CC(=O)Nc1ccc(CN2C(=O)CSC2=O)cc1)c1ccccc1Cl. The molecule has 0 unspecified atom stereocenters. The van der Waals surface area contributed by atoms with E-state index < -0.39 is 0 Å². The van der Waals surface area contributed by atoms with Gasteiger partial charge in [-0.15, -0.1) is 0 Å². The summed E-state index contributed by atoms with van der Waals surface area (Å²) in [7, 11) is 0. The fourth-order valence-electron chi connectivity index (χ4n) is 2.64. The number of amides is 3. The number of thioether (sulfide) groups is 1. The molecule has 7 heteroatoms. The number of rotatable bonds is 5. The minimum absolute atomic E-state index is 0.178. The van der Waals surface area contributed by atoms with Crippen molar-refractivity contribution in [1.82, 2.24) is 4.90 Å². The van der Waals surface area contributed by atoms with Crippen molar-refractivity contribution in [2.45, 2.75) is 13.5 Å². The van der Waals surface area contributed by atoms with E-state index in [1.165, 1.54) is 11.0 Å². The summed E-state index contributed by atoms with van der Waals surface area (Å²) in [5.41, 5.74) is 3.01. The van der Waals surface area contributed by atoms with Crippen LogP contribution in [0, 0.1) is 0 Å². The van der Waals surface area contributed by atoms with Gasteiger partial charge >= 0.3 is 0 Å². The average Bonchev–Trinajstić information content (AvgIpc) is 2.95. The molecular weight excluding hydrogens is 384 g/mol. The van der Waals surface area contributed by atoms with Crippen molar-refractivity contribution in [2.24, 2.45) is 0 Å². The Morgan fingerprint density at radius 1 is 1.19 bits per heavy atom. The van der Waals surface area contributed by atoms with Crippen LogP contribution in [0.15, 0.2) is 54.6 Å². The van der Waals surface area contributed by atoms with Gasteiger partial charge in [-0.25, -0.2) is 0 Å². The standard InChI is InChI=1S/C20H17ClN2O3S/c1-13(16-4-2-3-5-17(16)21)10-18(24)22-15-8-6-14(7-9-15)11-23-19(25)12-27-20(23)26/h2-10H,11-12H2,1H3,(H,22,24). The van der Waals surface area contributed by atoms with E-state index in [9.17, 15) is 14.4 Å². The minimum atomic E-state index is -0.263. The van der Waals surface area contributed by atoms with Crippen molar-refractivity contribution < 1.29 is 14.4 Å². The summed E-state index contributed by atoms with van der Waals surface area (Å²) in [5.74, 6) is -0.242. The first-order valence-corrected chi connectivity index (χ1v) is 9.60. The Morgan fingerprint density at radius 3 is 2.52 bits per heavy atom. The number of allylic oxidation sites excluding steroid dienone is 1. The first-order chi connectivity index (χ1) is 12.9. The fraction of sp³-hybridized carbons (Fsp3) is 0.150. The summed E-state index contributed by atoms with van der Waals surface area (Å²) in [6.07, 6.45) is 1.49. The highest BCUT2D eigenvalue weighted by Gasteiger charge is 2.29. The quantitative estimate of drug-likeness (QED) is 0.746. The Hall–Kier alpha value is -2.57. The number of hydrogen-bond donors (Lipinski definition) is 1. The summed E-state index contributed by atoms with van der Waals surface area (Å²) in [6, 6.07) is 14.4. The molecule has 0 saturated carbocycles. The van der Waals surface area contributed by atoms with Crippen LogP contribution in [0.4, 0.5) is 10.5 Å². The van der Waals surface area contributed by atoms with E-state index >= 15 is 0 Å². The van der Waals surface area contributed by atoms with Gasteiger partial charge in [-0.1, -0.05) is 53.7 Å². The largest absolute Gasteiger partial charge is 0.323 e. The maximum absolute atomic E-state index is 12.2. The molecule has 1 N–H and O–H groups in total. The predicted octanol–water partition coefficient (Wildman–Crippen LogP) is 4.58. The van der Waals surface area contributed by atoms with Gasteiger partial charge in [0, 0.05) is 16.8 Å². The Bertz CT molecular complexity index is 909. The van der Waals surface area contributed by atoms with Crippen molar-refractivity contribution >= 4 is 51.7 Å². The van der Waals surface area contributed by atoms with Gasteiger partial charge in [0.05, 0.1) is 12.3 Å². The van der Waals surface area contributed by atoms with E-state index in [1.54, 1.807) is 30.3 Å². The molecule has 1 fully saturated rings. The number of halogens is 1. The van der Waals surface area contributed by atoms with E-state index in [4.69, 9.17) is 11.6 Å². The molecule has 3 rings (SSSR count). The lowest BCUT2D eigenvalue weighted by molar-refractivity contribution is -0.125. The molecule has 0 spiro atoms. The van der Waals surface area contributed by atoms with Crippen LogP contribution < -0.4 is 5.32 Å². The van der Waals surface area contributed by atoms with E-state index in [1.807, 2.05) is 25.1 Å². The molecular formula is C20H17ClN2O3S. The zero-order valence-corrected chi connectivity index (χ0v) is 16.1. The van der Waals surface area contributed by atoms with Crippen molar-refractivity contribution in [2.75, 3.05) is 11.1 Å². The molecule has 0 aliphatic carbocycles. The number of nitrogens with one attached hydrogen (secondary N) is 1. The van der Waals surface area contributed by atoms with Crippen LogP contribution in [0.25, 0.3) is 5.57 Å². The van der Waals surface area contributed by atoms with Crippen LogP contribution in [0.2, 0.25) is 5.02 Å². The maximum Gasteiger partial charge on any atom is 0.289 e. The van der Waals surface area contributed by atoms with Crippen LogP contribution in [0.1, 0.15) is 18.1 Å². The lowest BCUT2D eigenvalue weighted by Gasteiger charge is -2.13. The molecule has 27 heavy (non-hydrogen) atoms. The summed E-state index contributed by atoms with van der Waals surface area (Å²) in [5, 5.41) is 3.16. The second-order valence-corrected chi connectivity index (χ2v) is 7.36. The lowest BCUT2D eigenvalue weighted by Crippen LogP contribution is -2.27. The third kappa shape index (κ3) is 4.78. The van der Waals surface area contributed by atoms with Crippen LogP contribution >= 0.6 is 23.4 Å². The van der Waals surface area contributed by atoms with Crippen molar-refractivity contribution in [3.8, 4) is 0 Å². The number of hydrogen-bond acceptors (Lipinski definition) is 4. The summed E-state index contributed by atoms with van der Waals surface area (Å²) >= 11 is 7.16. The highest BCUT2D eigenvalue weighted by molar-refractivity contribution is 8.14. The van der Waals surface area contributed by atoms with Crippen LogP contribution in [-0.2, 0) is 16.1 Å². The van der Waals surface area contributed by atoms with Gasteiger partial charge in [-0.2, -0.15) is 0 Å². The summed E-state index contributed by atoms with van der Waals surface area (Å²) in [6.45, 7) is 2.07. The lowest BCUT2D eigenvalue weighted by atomic mass is 10.1. The summed E-state index contributed by atoms with van der Waals surface area (Å²) in [4.78, 5) is 36.8. The molecule has 0 aromatic heterocycles. The molecule has 138 valence electrons. The van der Waals surface area contributed by atoms with Gasteiger partial charge < -0.3 is 5.32 Å². The zero-order valence-electron chi connectivity index (χ0n) is 14.6. The van der Waals surface area contributed by atoms with E-state index in [2.05, 4.69) is 5.32 Å². The molecule has 1 heterocycles. The first-order valence-electron chi connectivity index (χ1n) is 8.24. The number of carbonyl (C=O) groups is 3. The number of benzene rings is 2. The molecule has 2 aromatic carbocycles. The molecule has 0 bridgehead atoms. The first kappa shape index (κ1) is 19.2. The normalized spacial score (nSPS) is 14.6. The number of imide groups is 1. The molecule has 5 nitrogen and oxygen atoms in total. The molecule has 0 radical (unpaired) electrons. The highest BCUT2D eigenvalue weighted by Crippen LogP contribution is 2.24. The van der Waals surface area contributed by atoms with Gasteiger partial charge in [-0.05, 0) is 41.8 Å². The van der Waals surface area contributed by atoms with Crippen LogP contribution in [0.3, 0.4) is 0 Å². The third-order valence-electron chi connectivity index (χ3n) is 4.05. The summed E-state index contributed by atoms with van der Waals surface area (Å²) < 4.78 is 0. The molecule has 1 aliphatic heterocycles. The third-order valence-corrected chi connectivity index (χ3v) is 5.24. The predicted molar refractivity (Wildman–Crippen MR) is 109 cm³/mol. The van der Waals surface area contributed by atoms with Crippen molar-refractivity contribution in [1.29, 1.82) is 0 Å². The molecule has 3 amide bonds. The number of anilines is 1. The van der Waals surface area contributed by atoms with Gasteiger partial charge in [0.2, 0.25) is 11.8 Å². The monoisotopic (exact) mass is 400 g/mol. The Kier molecular flexibility index (Phi) is 5.98. The number of carbonyl (C=O) groups excluding carboxylic acids is 3. The molecule has 1 saturated heterocycles. The van der Waals surface area contributed by atoms with Crippen LogP contribution in [-0.4, -0.2) is 27.7 Å². The zero-order chi connectivity index (χ0) is 19.4. The van der Waals surface area contributed by atoms with E-state index in [0.717, 1.165) is 28.5 Å². The Morgan fingerprint density at radius 2 is 1.89 bits per heavy atom. The van der Waals surface area contributed by atoms with Gasteiger partial charge in [0.15, 0.2) is 0 Å². The van der Waals surface area contributed by atoms with Crippen LogP contribution in [0.5, 0.6) is 0 Å². The van der Waals surface area contributed by atoms with E-state index in [-0.39, 0.29) is 29.4 Å². The second-order valence-electron chi connectivity index (χ2n) is 6.03. The fourth-order valence-corrected chi connectivity index (χ4v) is 3.65. The molecule has 2 aromatic rings.